The van der Waals surface area contributed by atoms with E-state index in [1.54, 1.807) is 13.0 Å². The average molecular weight is 280 g/mol. The molecular formula is C16H12N2O3. The summed E-state index contributed by atoms with van der Waals surface area (Å²) >= 11 is 0. The molecule has 2 aromatic rings. The van der Waals surface area contributed by atoms with Crippen LogP contribution in [-0.2, 0) is 9.59 Å². The van der Waals surface area contributed by atoms with Crippen molar-refractivity contribution in [2.45, 2.75) is 6.92 Å². The standard InChI is InChI=1S/C16H12N2O3/c1-11-16(18-14(19)9-10-15(18)20)13(21-17-11)8-7-12-5-3-2-4-6-12/h2-10H,1H3. The first kappa shape index (κ1) is 13.1. The van der Waals surface area contributed by atoms with Gasteiger partial charge in [0.15, 0.2) is 5.76 Å². The van der Waals surface area contributed by atoms with Crippen LogP contribution in [0.4, 0.5) is 5.69 Å². The first-order valence-corrected chi connectivity index (χ1v) is 6.42. The third-order valence-electron chi connectivity index (χ3n) is 3.12. The Morgan fingerprint density at radius 1 is 1.05 bits per heavy atom. The summed E-state index contributed by atoms with van der Waals surface area (Å²) in [4.78, 5) is 24.6. The maximum Gasteiger partial charge on any atom is 0.258 e. The third-order valence-corrected chi connectivity index (χ3v) is 3.12. The van der Waals surface area contributed by atoms with Gasteiger partial charge in [-0.15, -0.1) is 0 Å². The first-order chi connectivity index (χ1) is 10.2. The second-order valence-electron chi connectivity index (χ2n) is 4.57. The molecule has 1 aromatic carbocycles. The molecule has 1 aliphatic rings. The van der Waals surface area contributed by atoms with Crippen molar-refractivity contribution < 1.29 is 14.1 Å². The van der Waals surface area contributed by atoms with Crippen molar-refractivity contribution in [3.8, 4) is 0 Å². The number of amides is 2. The molecule has 5 nitrogen and oxygen atoms in total. The molecule has 0 N–H and O–H groups in total. The number of benzene rings is 1. The number of aromatic nitrogens is 1. The van der Waals surface area contributed by atoms with Gasteiger partial charge in [-0.05, 0) is 18.6 Å². The number of anilines is 1. The van der Waals surface area contributed by atoms with E-state index in [0.717, 1.165) is 10.5 Å². The molecule has 21 heavy (non-hydrogen) atoms. The van der Waals surface area contributed by atoms with Crippen molar-refractivity contribution >= 4 is 29.7 Å². The molecular weight excluding hydrogens is 268 g/mol. The molecule has 0 saturated carbocycles. The third kappa shape index (κ3) is 2.41. The quantitative estimate of drug-likeness (QED) is 0.811. The minimum atomic E-state index is -0.388. The molecule has 2 heterocycles. The summed E-state index contributed by atoms with van der Waals surface area (Å²) in [6.45, 7) is 1.69. The molecule has 0 spiro atoms. The van der Waals surface area contributed by atoms with Crippen molar-refractivity contribution in [1.82, 2.24) is 5.16 Å². The minimum absolute atomic E-state index is 0.377. The smallest absolute Gasteiger partial charge is 0.258 e. The van der Waals surface area contributed by atoms with Crippen LogP contribution in [0.3, 0.4) is 0 Å². The molecule has 0 unspecified atom stereocenters. The molecule has 0 atom stereocenters. The second kappa shape index (κ2) is 5.20. The van der Waals surface area contributed by atoms with Crippen LogP contribution in [-0.4, -0.2) is 17.0 Å². The maximum absolute atomic E-state index is 11.8. The van der Waals surface area contributed by atoms with Gasteiger partial charge in [0.25, 0.3) is 11.8 Å². The summed E-state index contributed by atoms with van der Waals surface area (Å²) in [6.07, 6.45) is 6.00. The molecule has 0 saturated heterocycles. The number of aryl methyl sites for hydroxylation is 1. The summed E-state index contributed by atoms with van der Waals surface area (Å²) in [5, 5.41) is 3.84. The number of carbonyl (C=O) groups is 2. The van der Waals surface area contributed by atoms with E-state index in [9.17, 15) is 9.59 Å². The number of nitrogens with zero attached hydrogens (tertiary/aromatic N) is 2. The van der Waals surface area contributed by atoms with Gasteiger partial charge in [0, 0.05) is 12.2 Å². The van der Waals surface area contributed by atoms with E-state index in [-0.39, 0.29) is 11.8 Å². The highest BCUT2D eigenvalue weighted by atomic mass is 16.5. The van der Waals surface area contributed by atoms with Gasteiger partial charge in [-0.3, -0.25) is 9.59 Å². The van der Waals surface area contributed by atoms with E-state index >= 15 is 0 Å². The first-order valence-electron chi connectivity index (χ1n) is 6.42. The Morgan fingerprint density at radius 2 is 1.71 bits per heavy atom. The lowest BCUT2D eigenvalue weighted by Crippen LogP contribution is -2.30. The number of imide groups is 1. The summed E-state index contributed by atoms with van der Waals surface area (Å²) in [5.41, 5.74) is 1.87. The molecule has 0 bridgehead atoms. The fraction of sp³-hybridized carbons (Fsp3) is 0.0625. The monoisotopic (exact) mass is 280 g/mol. The average Bonchev–Trinajstić information content (AvgIpc) is 3.01. The van der Waals surface area contributed by atoms with E-state index < -0.39 is 0 Å². The van der Waals surface area contributed by atoms with Crippen LogP contribution in [0.5, 0.6) is 0 Å². The summed E-state index contributed by atoms with van der Waals surface area (Å²) in [5.74, 6) is -0.400. The van der Waals surface area contributed by atoms with Gasteiger partial charge in [-0.1, -0.05) is 41.6 Å². The van der Waals surface area contributed by atoms with Gasteiger partial charge in [-0.25, -0.2) is 4.90 Å². The van der Waals surface area contributed by atoms with Crippen molar-refractivity contribution in [2.24, 2.45) is 0 Å². The highest BCUT2D eigenvalue weighted by Gasteiger charge is 2.30. The van der Waals surface area contributed by atoms with Gasteiger partial charge < -0.3 is 4.52 Å². The van der Waals surface area contributed by atoms with Gasteiger partial charge >= 0.3 is 0 Å². The highest BCUT2D eigenvalue weighted by molar-refractivity contribution is 6.28. The molecule has 0 radical (unpaired) electrons. The lowest BCUT2D eigenvalue weighted by Gasteiger charge is -2.12. The molecule has 0 aliphatic carbocycles. The van der Waals surface area contributed by atoms with E-state index in [0.29, 0.717) is 17.1 Å². The van der Waals surface area contributed by atoms with Crippen LogP contribution in [0.2, 0.25) is 0 Å². The molecule has 2 amide bonds. The van der Waals surface area contributed by atoms with E-state index in [1.807, 2.05) is 36.4 Å². The fourth-order valence-corrected chi connectivity index (χ4v) is 2.12. The van der Waals surface area contributed by atoms with Crippen molar-refractivity contribution in [3.63, 3.8) is 0 Å². The molecule has 3 rings (SSSR count). The number of hydrogen-bond donors (Lipinski definition) is 0. The molecule has 1 aliphatic heterocycles. The zero-order chi connectivity index (χ0) is 14.8. The van der Waals surface area contributed by atoms with E-state index in [4.69, 9.17) is 4.52 Å². The van der Waals surface area contributed by atoms with Crippen LogP contribution >= 0.6 is 0 Å². The topological polar surface area (TPSA) is 63.4 Å². The Labute approximate surface area is 121 Å². The molecule has 5 heteroatoms. The fourth-order valence-electron chi connectivity index (χ4n) is 2.12. The van der Waals surface area contributed by atoms with Gasteiger partial charge in [0.1, 0.15) is 11.4 Å². The van der Waals surface area contributed by atoms with Gasteiger partial charge in [-0.2, -0.15) is 0 Å². The lowest BCUT2D eigenvalue weighted by molar-refractivity contribution is -0.120. The zero-order valence-corrected chi connectivity index (χ0v) is 11.3. The van der Waals surface area contributed by atoms with E-state index in [2.05, 4.69) is 5.16 Å². The summed E-state index contributed by atoms with van der Waals surface area (Å²) in [6, 6.07) is 9.64. The Bertz CT molecular complexity index is 739. The maximum atomic E-state index is 11.8. The molecule has 1 aromatic heterocycles. The number of rotatable bonds is 3. The van der Waals surface area contributed by atoms with Crippen molar-refractivity contribution in [3.05, 3.63) is 59.5 Å². The minimum Gasteiger partial charge on any atom is -0.354 e. The number of hydrogen-bond acceptors (Lipinski definition) is 4. The zero-order valence-electron chi connectivity index (χ0n) is 11.3. The van der Waals surface area contributed by atoms with Crippen LogP contribution < -0.4 is 4.90 Å². The largest absolute Gasteiger partial charge is 0.354 e. The lowest BCUT2D eigenvalue weighted by atomic mass is 10.2. The van der Waals surface area contributed by atoms with Crippen LogP contribution in [0.25, 0.3) is 12.2 Å². The summed E-state index contributed by atoms with van der Waals surface area (Å²) in [7, 11) is 0. The highest BCUT2D eigenvalue weighted by Crippen LogP contribution is 2.29. The Balaban J connectivity index is 1.96. The SMILES string of the molecule is Cc1noc(C=Cc2ccccc2)c1N1C(=O)C=CC1=O. The van der Waals surface area contributed by atoms with Gasteiger partial charge in [0.2, 0.25) is 0 Å². The Kier molecular flexibility index (Phi) is 3.23. The number of carbonyl (C=O) groups excluding carboxylic acids is 2. The van der Waals surface area contributed by atoms with Crippen molar-refractivity contribution in [2.75, 3.05) is 4.90 Å². The molecule has 104 valence electrons. The predicted molar refractivity (Wildman–Crippen MR) is 78.2 cm³/mol. The van der Waals surface area contributed by atoms with E-state index in [1.165, 1.54) is 12.2 Å². The Morgan fingerprint density at radius 3 is 2.38 bits per heavy atom. The van der Waals surface area contributed by atoms with Crippen LogP contribution in [0.15, 0.2) is 47.0 Å². The second-order valence-corrected chi connectivity index (χ2v) is 4.57. The predicted octanol–water partition coefficient (Wildman–Crippen LogP) is 2.58. The van der Waals surface area contributed by atoms with Gasteiger partial charge in [0.05, 0.1) is 0 Å². The normalized spacial score (nSPS) is 14.6. The molecule has 0 fully saturated rings. The van der Waals surface area contributed by atoms with Crippen LogP contribution in [0.1, 0.15) is 17.0 Å². The Hall–Kier alpha value is -2.95. The van der Waals surface area contributed by atoms with Crippen LogP contribution in [0, 0.1) is 6.92 Å². The van der Waals surface area contributed by atoms with Crippen molar-refractivity contribution in [1.29, 1.82) is 0 Å². The summed E-state index contributed by atoms with van der Waals surface area (Å²) < 4.78 is 5.22.